The molecule has 0 unspecified atom stereocenters. The zero-order valence-corrected chi connectivity index (χ0v) is 21.7. The fourth-order valence-corrected chi connectivity index (χ4v) is 6.85. The molecule has 9 heteroatoms. The van der Waals surface area contributed by atoms with Crippen LogP contribution in [-0.2, 0) is 18.9 Å². The Morgan fingerprint density at radius 2 is 1.80 bits per heavy atom. The minimum Gasteiger partial charge on any atom is -0.443 e. The van der Waals surface area contributed by atoms with Crippen LogP contribution in [0.1, 0.15) is 47.0 Å². The summed E-state index contributed by atoms with van der Waals surface area (Å²) in [5.74, 6) is 0.631. The molecule has 4 saturated heterocycles. The molecule has 1 N–H and O–H groups in total. The van der Waals surface area contributed by atoms with Crippen LogP contribution in [-0.4, -0.2) is 97.9 Å². The second-order valence-corrected chi connectivity index (χ2v) is 11.5. The first-order valence-corrected chi connectivity index (χ1v) is 13.2. The van der Waals surface area contributed by atoms with Gasteiger partial charge < -0.3 is 34.1 Å². The molecule has 35 heavy (non-hydrogen) atoms. The van der Waals surface area contributed by atoms with Crippen molar-refractivity contribution in [2.24, 2.45) is 17.8 Å². The number of ether oxygens (including phenoxy) is 4. The smallest absolute Gasteiger partial charge is 0.410 e. The van der Waals surface area contributed by atoms with Gasteiger partial charge in [0.15, 0.2) is 0 Å². The molecule has 4 aliphatic heterocycles. The third-order valence-corrected chi connectivity index (χ3v) is 8.85. The summed E-state index contributed by atoms with van der Waals surface area (Å²) < 4.78 is 24.4. The van der Waals surface area contributed by atoms with Crippen LogP contribution in [0.4, 0.5) is 9.59 Å². The molecule has 0 radical (unpaired) electrons. The van der Waals surface area contributed by atoms with Gasteiger partial charge in [-0.3, -0.25) is 0 Å². The second kappa shape index (κ2) is 9.23. The van der Waals surface area contributed by atoms with E-state index in [0.717, 1.165) is 19.3 Å². The Hall–Kier alpha value is -1.84. The van der Waals surface area contributed by atoms with E-state index in [1.54, 1.807) is 7.11 Å². The van der Waals surface area contributed by atoms with Gasteiger partial charge in [-0.15, -0.1) is 0 Å². The van der Waals surface area contributed by atoms with Gasteiger partial charge in [-0.05, 0) is 47.0 Å². The Labute approximate surface area is 208 Å². The van der Waals surface area contributed by atoms with E-state index in [-0.39, 0.29) is 47.6 Å². The number of amides is 3. The van der Waals surface area contributed by atoms with Gasteiger partial charge in [-0.25, -0.2) is 9.59 Å². The molecule has 1 saturated carbocycles. The number of epoxide rings is 2. The number of allylic oxidation sites excluding steroid dienone is 1. The fraction of sp³-hybridized carbons (Fsp3) is 0.846. The molecule has 0 bridgehead atoms. The van der Waals surface area contributed by atoms with E-state index in [1.807, 2.05) is 16.7 Å². The van der Waals surface area contributed by atoms with E-state index in [4.69, 9.17) is 18.9 Å². The Balaban J connectivity index is 1.21. The molecular weight excluding hydrogens is 450 g/mol. The summed E-state index contributed by atoms with van der Waals surface area (Å²) in [6, 6.07) is -0.0119. The first-order chi connectivity index (χ1) is 16.7. The van der Waals surface area contributed by atoms with Crippen LogP contribution in [0.25, 0.3) is 0 Å². The van der Waals surface area contributed by atoms with Crippen LogP contribution >= 0.6 is 0 Å². The Morgan fingerprint density at radius 3 is 2.37 bits per heavy atom. The van der Waals surface area contributed by atoms with Gasteiger partial charge in [0.05, 0.1) is 18.6 Å². The maximum atomic E-state index is 13.2. The zero-order chi connectivity index (χ0) is 25.0. The quantitative estimate of drug-likeness (QED) is 0.453. The number of likely N-dealkylation sites (tertiary alicyclic amines) is 2. The molecule has 9 nitrogen and oxygen atoms in total. The van der Waals surface area contributed by atoms with Crippen molar-refractivity contribution in [2.45, 2.75) is 76.5 Å². The number of methoxy groups -OCH3 is 1. The van der Waals surface area contributed by atoms with Gasteiger partial charge in [-0.1, -0.05) is 11.6 Å². The number of nitrogens with one attached hydrogen (secondary N) is 1. The molecular formula is C26H41N3O6. The first-order valence-electron chi connectivity index (χ1n) is 13.2. The van der Waals surface area contributed by atoms with Crippen molar-refractivity contribution in [1.82, 2.24) is 15.1 Å². The highest BCUT2D eigenvalue weighted by molar-refractivity contribution is 5.74. The molecule has 0 aromatic carbocycles. The van der Waals surface area contributed by atoms with Gasteiger partial charge in [0.25, 0.3) is 0 Å². The van der Waals surface area contributed by atoms with Crippen molar-refractivity contribution in [3.8, 4) is 0 Å². The number of hydrogen-bond acceptors (Lipinski definition) is 6. The van der Waals surface area contributed by atoms with E-state index >= 15 is 0 Å². The Kier molecular flexibility index (Phi) is 6.55. The Bertz CT molecular complexity index is 857. The number of fused-ring (bicyclic) bond motifs is 1. The third kappa shape index (κ3) is 4.55. The molecule has 5 aliphatic rings. The highest BCUT2D eigenvalue weighted by atomic mass is 16.6. The summed E-state index contributed by atoms with van der Waals surface area (Å²) in [4.78, 5) is 29.1. The summed E-state index contributed by atoms with van der Waals surface area (Å²) >= 11 is 0. The number of urea groups is 1. The zero-order valence-electron chi connectivity index (χ0n) is 21.7. The first kappa shape index (κ1) is 24.8. The second-order valence-electron chi connectivity index (χ2n) is 11.5. The lowest BCUT2D eigenvalue weighted by Crippen LogP contribution is -2.56. The van der Waals surface area contributed by atoms with E-state index in [1.165, 1.54) is 5.57 Å². The van der Waals surface area contributed by atoms with Gasteiger partial charge in [0.1, 0.15) is 23.4 Å². The molecule has 5 rings (SSSR count). The van der Waals surface area contributed by atoms with Crippen LogP contribution in [0.5, 0.6) is 0 Å². The summed E-state index contributed by atoms with van der Waals surface area (Å²) in [6.45, 7) is 12.3. The lowest BCUT2D eigenvalue weighted by atomic mass is 9.68. The predicted molar refractivity (Wildman–Crippen MR) is 129 cm³/mol. The van der Waals surface area contributed by atoms with Crippen molar-refractivity contribution in [1.29, 1.82) is 0 Å². The minimum atomic E-state index is -0.346. The summed E-state index contributed by atoms with van der Waals surface area (Å²) in [6.07, 6.45) is 3.91. The lowest BCUT2D eigenvalue weighted by molar-refractivity contribution is -0.121. The van der Waals surface area contributed by atoms with Crippen molar-refractivity contribution in [3.63, 3.8) is 0 Å². The van der Waals surface area contributed by atoms with Gasteiger partial charge in [0, 0.05) is 51.7 Å². The van der Waals surface area contributed by atoms with Crippen LogP contribution in [0, 0.1) is 17.8 Å². The highest BCUT2D eigenvalue weighted by Gasteiger charge is 2.72. The SMILES string of the molecule is CCNC(=O)N1C[C@@H]2CN(C(=O)O[C@@H]3CC[C@]4(CO4)[C@@H]([C@@]4(C)O[C@@H]4CC=C(C)C)[C@@H]3OC)C[C@@H]2C1. The largest absolute Gasteiger partial charge is 0.443 e. The van der Waals surface area contributed by atoms with E-state index in [2.05, 4.69) is 32.2 Å². The number of hydrogen-bond donors (Lipinski definition) is 1. The molecule has 0 aromatic heterocycles. The summed E-state index contributed by atoms with van der Waals surface area (Å²) in [5, 5.41) is 2.87. The average Bonchev–Trinajstić information content (AvgIpc) is 3.61. The topological polar surface area (TPSA) is 96.2 Å². The lowest BCUT2D eigenvalue weighted by Gasteiger charge is -2.43. The van der Waals surface area contributed by atoms with E-state index < -0.39 is 0 Å². The molecule has 1 spiro atoms. The molecule has 196 valence electrons. The maximum Gasteiger partial charge on any atom is 0.410 e. The molecule has 5 fully saturated rings. The van der Waals surface area contributed by atoms with Crippen molar-refractivity contribution >= 4 is 12.1 Å². The minimum absolute atomic E-state index is 0.0119. The number of rotatable bonds is 6. The van der Waals surface area contributed by atoms with Gasteiger partial charge in [0.2, 0.25) is 0 Å². The van der Waals surface area contributed by atoms with Crippen molar-refractivity contribution < 1.29 is 28.5 Å². The number of carbonyl (C=O) groups excluding carboxylic acids is 2. The van der Waals surface area contributed by atoms with E-state index in [0.29, 0.717) is 51.2 Å². The number of carbonyl (C=O) groups is 2. The maximum absolute atomic E-state index is 13.2. The highest BCUT2D eigenvalue weighted by Crippen LogP contribution is 2.59. The third-order valence-electron chi connectivity index (χ3n) is 8.85. The normalized spacial score (nSPS) is 41.5. The van der Waals surface area contributed by atoms with Gasteiger partial charge >= 0.3 is 12.1 Å². The number of nitrogens with zero attached hydrogens (tertiary/aromatic N) is 2. The van der Waals surface area contributed by atoms with E-state index in [9.17, 15) is 9.59 Å². The van der Waals surface area contributed by atoms with Crippen LogP contribution in [0.2, 0.25) is 0 Å². The predicted octanol–water partition coefficient (Wildman–Crippen LogP) is 2.79. The van der Waals surface area contributed by atoms with Gasteiger partial charge in [-0.2, -0.15) is 0 Å². The van der Waals surface area contributed by atoms with Crippen molar-refractivity contribution in [3.05, 3.63) is 11.6 Å². The molecule has 3 amide bonds. The van der Waals surface area contributed by atoms with Crippen LogP contribution in [0.15, 0.2) is 11.6 Å². The van der Waals surface area contributed by atoms with Crippen LogP contribution in [0.3, 0.4) is 0 Å². The standard InChI is InChI=1S/C26H41N3O6/c1-6-27-23(30)28-11-17-13-29(14-18(17)12-28)24(31)34-19-9-10-26(15-33-26)22(21(19)32-5)25(4)20(35-25)8-7-16(2)3/h7,17-22H,6,8-15H2,1-5H3,(H,27,30)/t17-,18+,19-,20-,21-,22-,25+,26+/m1/s1. The molecule has 8 atom stereocenters. The fourth-order valence-electron chi connectivity index (χ4n) is 6.85. The monoisotopic (exact) mass is 491 g/mol. The summed E-state index contributed by atoms with van der Waals surface area (Å²) in [7, 11) is 1.70. The Morgan fingerprint density at radius 1 is 1.14 bits per heavy atom. The molecule has 1 aliphatic carbocycles. The van der Waals surface area contributed by atoms with Crippen molar-refractivity contribution in [2.75, 3.05) is 46.4 Å². The molecule has 4 heterocycles. The van der Waals surface area contributed by atoms with Crippen LogP contribution < -0.4 is 5.32 Å². The molecule has 0 aromatic rings. The average molecular weight is 492 g/mol. The summed E-state index contributed by atoms with van der Waals surface area (Å²) in [5.41, 5.74) is 0.704.